The second kappa shape index (κ2) is 4.90. The van der Waals surface area contributed by atoms with Gasteiger partial charge < -0.3 is 9.84 Å². The zero-order valence-corrected chi connectivity index (χ0v) is 11.3. The highest BCUT2D eigenvalue weighted by Crippen LogP contribution is 2.19. The monoisotopic (exact) mass is 245 g/mol. The fourth-order valence-electron chi connectivity index (χ4n) is 1.60. The molecule has 1 aromatic carbocycles. The van der Waals surface area contributed by atoms with Crippen LogP contribution in [0.2, 0.25) is 0 Å². The van der Waals surface area contributed by atoms with Gasteiger partial charge >= 0.3 is 0 Å². The predicted molar refractivity (Wildman–Crippen MR) is 71.1 cm³/mol. The summed E-state index contributed by atoms with van der Waals surface area (Å²) in [4.78, 5) is 4.40. The maximum absolute atomic E-state index is 5.25. The molecule has 0 saturated heterocycles. The largest absolute Gasteiger partial charge is 0.338 e. The quantitative estimate of drug-likeness (QED) is 0.903. The molecule has 4 heteroatoms. The normalized spacial score (nSPS) is 11.8. The second-order valence-electron chi connectivity index (χ2n) is 5.43. The van der Waals surface area contributed by atoms with Crippen LogP contribution >= 0.6 is 0 Å². The minimum atomic E-state index is 0.0390. The number of aromatic nitrogens is 2. The fourth-order valence-corrected chi connectivity index (χ4v) is 1.60. The summed E-state index contributed by atoms with van der Waals surface area (Å²) >= 11 is 0. The third-order valence-electron chi connectivity index (χ3n) is 2.62. The van der Waals surface area contributed by atoms with E-state index in [1.54, 1.807) is 0 Å². The lowest BCUT2D eigenvalue weighted by atomic mass is 10.1. The minimum absolute atomic E-state index is 0.0390. The lowest BCUT2D eigenvalue weighted by Crippen LogP contribution is -2.35. The van der Waals surface area contributed by atoms with Crippen molar-refractivity contribution in [3.05, 3.63) is 35.7 Å². The first-order chi connectivity index (χ1) is 8.46. The van der Waals surface area contributed by atoms with Crippen LogP contribution in [0.1, 0.15) is 32.2 Å². The van der Waals surface area contributed by atoms with Crippen molar-refractivity contribution in [3.63, 3.8) is 0 Å². The molecule has 1 heterocycles. The topological polar surface area (TPSA) is 51.0 Å². The van der Waals surface area contributed by atoms with Gasteiger partial charge in [0.1, 0.15) is 0 Å². The lowest BCUT2D eigenvalue weighted by molar-refractivity contribution is 0.336. The van der Waals surface area contributed by atoms with Crippen molar-refractivity contribution < 1.29 is 4.52 Å². The Morgan fingerprint density at radius 1 is 1.22 bits per heavy atom. The maximum Gasteiger partial charge on any atom is 0.240 e. The number of nitrogens with one attached hydrogen (secondary N) is 1. The summed E-state index contributed by atoms with van der Waals surface area (Å²) in [6.07, 6.45) is 0. The smallest absolute Gasteiger partial charge is 0.240 e. The van der Waals surface area contributed by atoms with Crippen LogP contribution in [0.3, 0.4) is 0 Å². The van der Waals surface area contributed by atoms with Gasteiger partial charge in [0.15, 0.2) is 0 Å². The highest BCUT2D eigenvalue weighted by molar-refractivity contribution is 5.58. The van der Waals surface area contributed by atoms with Crippen LogP contribution in [0.5, 0.6) is 0 Å². The van der Waals surface area contributed by atoms with Crippen molar-refractivity contribution in [1.82, 2.24) is 15.5 Å². The average molecular weight is 245 g/mol. The highest BCUT2D eigenvalue weighted by Gasteiger charge is 2.13. The summed E-state index contributed by atoms with van der Waals surface area (Å²) in [5.41, 5.74) is 2.20. The molecular formula is C14H19N3O. The first kappa shape index (κ1) is 12.8. The molecule has 2 rings (SSSR count). The van der Waals surface area contributed by atoms with E-state index in [1.807, 2.05) is 31.2 Å². The standard InChI is InChI=1S/C14H19N3O/c1-10-7-5-6-8-11(10)13-16-12(18-17-13)9-15-14(2,3)4/h5-8,15H,9H2,1-4H3. The molecule has 0 radical (unpaired) electrons. The van der Waals surface area contributed by atoms with Crippen molar-refractivity contribution in [2.75, 3.05) is 0 Å². The van der Waals surface area contributed by atoms with Gasteiger partial charge in [-0.25, -0.2) is 0 Å². The number of aryl methyl sites for hydroxylation is 1. The Morgan fingerprint density at radius 3 is 2.61 bits per heavy atom. The zero-order chi connectivity index (χ0) is 13.2. The van der Waals surface area contributed by atoms with Gasteiger partial charge in [-0.2, -0.15) is 4.98 Å². The van der Waals surface area contributed by atoms with Crippen LogP contribution in [-0.4, -0.2) is 15.7 Å². The molecule has 2 aromatic rings. The predicted octanol–water partition coefficient (Wildman–Crippen LogP) is 2.93. The molecule has 0 spiro atoms. The number of rotatable bonds is 3. The summed E-state index contributed by atoms with van der Waals surface area (Å²) in [5.74, 6) is 1.27. The van der Waals surface area contributed by atoms with E-state index in [9.17, 15) is 0 Å². The Hall–Kier alpha value is -1.68. The van der Waals surface area contributed by atoms with Crippen LogP contribution in [0.25, 0.3) is 11.4 Å². The Bertz CT molecular complexity index is 526. The summed E-state index contributed by atoms with van der Waals surface area (Å²) < 4.78 is 5.25. The first-order valence-electron chi connectivity index (χ1n) is 6.09. The van der Waals surface area contributed by atoms with Crippen molar-refractivity contribution in [3.8, 4) is 11.4 Å². The van der Waals surface area contributed by atoms with E-state index in [0.717, 1.165) is 11.1 Å². The van der Waals surface area contributed by atoms with Gasteiger partial charge in [0.05, 0.1) is 6.54 Å². The number of hydrogen-bond acceptors (Lipinski definition) is 4. The Labute approximate surface area is 107 Å². The van der Waals surface area contributed by atoms with Crippen molar-refractivity contribution in [1.29, 1.82) is 0 Å². The van der Waals surface area contributed by atoms with Gasteiger partial charge in [-0.3, -0.25) is 0 Å². The molecule has 0 aliphatic heterocycles. The second-order valence-corrected chi connectivity index (χ2v) is 5.43. The van der Waals surface area contributed by atoms with Gasteiger partial charge in [-0.05, 0) is 33.3 Å². The van der Waals surface area contributed by atoms with E-state index in [-0.39, 0.29) is 5.54 Å². The summed E-state index contributed by atoms with van der Waals surface area (Å²) in [5, 5.41) is 7.34. The molecule has 96 valence electrons. The molecule has 0 bridgehead atoms. The van der Waals surface area contributed by atoms with Gasteiger partial charge in [0.2, 0.25) is 11.7 Å². The molecule has 1 aromatic heterocycles. The molecule has 4 nitrogen and oxygen atoms in total. The molecule has 0 fully saturated rings. The molecule has 18 heavy (non-hydrogen) atoms. The molecule has 0 amide bonds. The highest BCUT2D eigenvalue weighted by atomic mass is 16.5. The van der Waals surface area contributed by atoms with Crippen LogP contribution in [0.15, 0.2) is 28.8 Å². The number of nitrogens with zero attached hydrogens (tertiary/aromatic N) is 2. The van der Waals surface area contributed by atoms with Gasteiger partial charge in [-0.15, -0.1) is 0 Å². The van der Waals surface area contributed by atoms with Crippen molar-refractivity contribution in [2.24, 2.45) is 0 Å². The minimum Gasteiger partial charge on any atom is -0.338 e. The van der Waals surface area contributed by atoms with Gasteiger partial charge in [0, 0.05) is 11.1 Å². The molecule has 0 unspecified atom stereocenters. The van der Waals surface area contributed by atoms with Gasteiger partial charge in [-0.1, -0.05) is 29.4 Å². The van der Waals surface area contributed by atoms with Crippen molar-refractivity contribution in [2.45, 2.75) is 39.8 Å². The lowest BCUT2D eigenvalue weighted by Gasteiger charge is -2.18. The first-order valence-corrected chi connectivity index (χ1v) is 6.09. The molecular weight excluding hydrogens is 226 g/mol. The SMILES string of the molecule is Cc1ccccc1-c1noc(CNC(C)(C)C)n1. The maximum atomic E-state index is 5.25. The van der Waals surface area contributed by atoms with Crippen LogP contribution in [0.4, 0.5) is 0 Å². The average Bonchev–Trinajstić information content (AvgIpc) is 2.75. The van der Waals surface area contributed by atoms with E-state index in [4.69, 9.17) is 4.52 Å². The summed E-state index contributed by atoms with van der Waals surface area (Å²) in [6, 6.07) is 8.02. The summed E-state index contributed by atoms with van der Waals surface area (Å²) in [6.45, 7) is 8.93. The Balaban J connectivity index is 2.14. The Morgan fingerprint density at radius 2 is 1.94 bits per heavy atom. The van der Waals surface area contributed by atoms with Gasteiger partial charge in [0.25, 0.3) is 0 Å². The van der Waals surface area contributed by atoms with Crippen LogP contribution in [-0.2, 0) is 6.54 Å². The van der Waals surface area contributed by atoms with E-state index < -0.39 is 0 Å². The molecule has 1 N–H and O–H groups in total. The van der Waals surface area contributed by atoms with Crippen LogP contribution in [0, 0.1) is 6.92 Å². The van der Waals surface area contributed by atoms with E-state index in [0.29, 0.717) is 18.3 Å². The Kier molecular flexibility index (Phi) is 3.48. The van der Waals surface area contributed by atoms with Crippen molar-refractivity contribution >= 4 is 0 Å². The van der Waals surface area contributed by atoms with E-state index in [2.05, 4.69) is 36.2 Å². The molecule has 0 aliphatic rings. The molecule has 0 atom stereocenters. The third-order valence-corrected chi connectivity index (χ3v) is 2.62. The summed E-state index contributed by atoms with van der Waals surface area (Å²) in [7, 11) is 0. The van der Waals surface area contributed by atoms with E-state index in [1.165, 1.54) is 0 Å². The van der Waals surface area contributed by atoms with Crippen LogP contribution < -0.4 is 5.32 Å². The number of hydrogen-bond donors (Lipinski definition) is 1. The zero-order valence-electron chi connectivity index (χ0n) is 11.3. The number of benzene rings is 1. The molecule has 0 saturated carbocycles. The molecule has 0 aliphatic carbocycles. The fraction of sp³-hybridized carbons (Fsp3) is 0.429. The van der Waals surface area contributed by atoms with E-state index >= 15 is 0 Å². The third kappa shape index (κ3) is 3.17.